The molecule has 0 spiro atoms. The van der Waals surface area contributed by atoms with Crippen LogP contribution in [0.25, 0.3) is 11.1 Å². The number of hydrogen-bond acceptors (Lipinski definition) is 3. The van der Waals surface area contributed by atoms with Gasteiger partial charge in [0.2, 0.25) is 0 Å². The number of halogens is 2. The lowest BCUT2D eigenvalue weighted by atomic mass is 10.1. The van der Waals surface area contributed by atoms with Crippen LogP contribution in [0.1, 0.15) is 0 Å². The van der Waals surface area contributed by atoms with Crippen molar-refractivity contribution in [2.24, 2.45) is 0 Å². The van der Waals surface area contributed by atoms with E-state index in [1.165, 1.54) is 11.1 Å². The van der Waals surface area contributed by atoms with Crippen LogP contribution in [0.15, 0.2) is 60.7 Å². The molecule has 0 amide bonds. The van der Waals surface area contributed by atoms with Crippen molar-refractivity contribution in [1.29, 1.82) is 0 Å². The Labute approximate surface area is 151 Å². The van der Waals surface area contributed by atoms with Gasteiger partial charge in [0, 0.05) is 0 Å². The zero-order valence-corrected chi connectivity index (χ0v) is 18.1. The van der Waals surface area contributed by atoms with Gasteiger partial charge >= 0.3 is 26.4 Å². The molecule has 25 heavy (non-hydrogen) atoms. The largest absolute Gasteiger partial charge is 0.416 e. The molecule has 8 heteroatoms. The molecule has 2 aromatic rings. The van der Waals surface area contributed by atoms with Crippen LogP contribution in [0.2, 0.25) is 26.2 Å². The van der Waals surface area contributed by atoms with Crippen LogP contribution in [0.5, 0.6) is 0 Å². The van der Waals surface area contributed by atoms with E-state index in [1.54, 1.807) is 26.2 Å². The van der Waals surface area contributed by atoms with Crippen molar-refractivity contribution in [3.8, 4) is 11.1 Å². The van der Waals surface area contributed by atoms with Crippen molar-refractivity contribution in [1.82, 2.24) is 0 Å². The Morgan fingerprint density at radius 1 is 0.720 bits per heavy atom. The fourth-order valence-electron chi connectivity index (χ4n) is 2.59. The van der Waals surface area contributed by atoms with Crippen LogP contribution >= 0.6 is 0 Å². The molecule has 0 aliphatic carbocycles. The molecule has 3 rings (SSSR count). The quantitative estimate of drug-likeness (QED) is 0.678. The maximum atomic E-state index is 12.4. The van der Waals surface area contributed by atoms with E-state index >= 15 is 0 Å². The number of alkyl halides is 2. The average Bonchev–Trinajstić information content (AvgIpc) is 2.54. The predicted octanol–water partition coefficient (Wildman–Crippen LogP) is 4.83. The van der Waals surface area contributed by atoms with Gasteiger partial charge in [-0.25, -0.2) is 8.78 Å². The van der Waals surface area contributed by atoms with Gasteiger partial charge in [0.05, 0.1) is 0 Å². The summed E-state index contributed by atoms with van der Waals surface area (Å²) in [7, 11) is -7.45. The molecule has 0 aromatic heterocycles. The summed E-state index contributed by atoms with van der Waals surface area (Å²) in [6, 6.07) is 18.3. The molecule has 0 saturated carbocycles. The van der Waals surface area contributed by atoms with Gasteiger partial charge in [-0.15, -0.1) is 0 Å². The maximum Gasteiger partial charge on any atom is 0.376 e. The van der Waals surface area contributed by atoms with Crippen molar-refractivity contribution in [2.45, 2.75) is 32.2 Å². The summed E-state index contributed by atoms with van der Waals surface area (Å²) < 4.78 is 40.8. The highest BCUT2D eigenvalue weighted by atomic mass is 28.5. The molecule has 0 radical (unpaired) electrons. The fraction of sp³-hybridized carbons (Fsp3) is 0.294. The van der Waals surface area contributed by atoms with E-state index in [9.17, 15) is 8.78 Å². The van der Waals surface area contributed by atoms with Gasteiger partial charge in [-0.05, 0) is 37.3 Å². The van der Waals surface area contributed by atoms with Crippen LogP contribution in [0, 0.1) is 0 Å². The lowest BCUT2D eigenvalue weighted by molar-refractivity contribution is 0.151. The lowest BCUT2D eigenvalue weighted by Crippen LogP contribution is -2.61. The molecule has 2 aromatic carbocycles. The Balaban J connectivity index is 0.000000181. The monoisotopic (exact) mass is 398 g/mol. The molecule has 1 fully saturated rings. The molecule has 136 valence electrons. The second kappa shape index (κ2) is 8.48. The molecule has 0 atom stereocenters. The first-order valence-corrected chi connectivity index (χ1v) is 15.4. The van der Waals surface area contributed by atoms with E-state index in [0.29, 0.717) is 0 Å². The van der Waals surface area contributed by atoms with E-state index in [1.807, 2.05) is 12.1 Å². The van der Waals surface area contributed by atoms with Crippen molar-refractivity contribution >= 4 is 26.4 Å². The molecule has 1 aliphatic heterocycles. The van der Waals surface area contributed by atoms with Crippen LogP contribution in [0.4, 0.5) is 8.78 Å². The molecule has 1 heterocycles. The van der Waals surface area contributed by atoms with E-state index < -0.39 is 32.5 Å². The third-order valence-corrected chi connectivity index (χ3v) is 14.1. The average molecular weight is 399 g/mol. The zero-order valence-electron chi connectivity index (χ0n) is 14.9. The minimum absolute atomic E-state index is 1.28. The Morgan fingerprint density at radius 2 is 1.08 bits per heavy atom. The summed E-state index contributed by atoms with van der Waals surface area (Å²) >= 11 is 0. The Bertz CT molecular complexity index is 601. The standard InChI is InChI=1S/C12H10.C5H14F2O3Si3/c1-3-7-11(8-4-1)12-9-5-2-6-10-12;1-12(2)8-11(5(6)7)9-13(3,4)10-12/h1-10H;5,11H,1-4H3. The third kappa shape index (κ3) is 6.57. The minimum atomic E-state index is -2.78. The van der Waals surface area contributed by atoms with Crippen LogP contribution in [-0.2, 0) is 12.3 Å². The van der Waals surface area contributed by atoms with Gasteiger partial charge in [-0.2, -0.15) is 0 Å². The van der Waals surface area contributed by atoms with Gasteiger partial charge in [0.15, 0.2) is 0 Å². The molecular weight excluding hydrogens is 374 g/mol. The highest BCUT2D eigenvalue weighted by Gasteiger charge is 2.49. The van der Waals surface area contributed by atoms with Crippen molar-refractivity contribution in [3.05, 3.63) is 60.7 Å². The summed E-state index contributed by atoms with van der Waals surface area (Å²) in [5.74, 6) is 0. The molecule has 0 bridgehead atoms. The smallest absolute Gasteiger partial charge is 0.376 e. The number of hydrogen-bond donors (Lipinski definition) is 0. The normalized spacial score (nSPS) is 19.2. The highest BCUT2D eigenvalue weighted by molar-refractivity contribution is 6.87. The summed E-state index contributed by atoms with van der Waals surface area (Å²) in [6.07, 6.45) is 0. The number of benzene rings is 2. The van der Waals surface area contributed by atoms with Crippen LogP contribution in [0.3, 0.4) is 0 Å². The number of rotatable bonds is 2. The Hall–Kier alpha value is -1.17. The van der Waals surface area contributed by atoms with E-state index in [-0.39, 0.29) is 0 Å². The van der Waals surface area contributed by atoms with Crippen molar-refractivity contribution < 1.29 is 21.1 Å². The van der Waals surface area contributed by atoms with Gasteiger partial charge in [0.1, 0.15) is 0 Å². The Kier molecular flexibility index (Phi) is 6.83. The molecule has 0 unspecified atom stereocenters. The zero-order chi connectivity index (χ0) is 18.5. The second-order valence-corrected chi connectivity index (χ2v) is 16.1. The molecular formula is C17H24F2O3Si3. The van der Waals surface area contributed by atoms with E-state index in [4.69, 9.17) is 12.3 Å². The summed E-state index contributed by atoms with van der Waals surface area (Å²) in [5.41, 5.74) is 2.55. The van der Waals surface area contributed by atoms with Crippen LogP contribution in [-0.4, -0.2) is 32.5 Å². The van der Waals surface area contributed by atoms with Gasteiger partial charge in [0.25, 0.3) is 6.05 Å². The molecule has 1 saturated heterocycles. The first-order chi connectivity index (χ1) is 11.7. The molecule has 3 nitrogen and oxygen atoms in total. The highest BCUT2D eigenvalue weighted by Crippen LogP contribution is 2.26. The molecule has 0 N–H and O–H groups in total. The second-order valence-electron chi connectivity index (χ2n) is 6.57. The first-order valence-electron chi connectivity index (χ1n) is 8.13. The lowest BCUT2D eigenvalue weighted by Gasteiger charge is -2.42. The topological polar surface area (TPSA) is 27.7 Å². The third-order valence-electron chi connectivity index (χ3n) is 3.38. The van der Waals surface area contributed by atoms with E-state index in [0.717, 1.165) is 0 Å². The fourth-order valence-corrected chi connectivity index (χ4v) is 14.5. The van der Waals surface area contributed by atoms with Gasteiger partial charge in [-0.1, -0.05) is 60.7 Å². The predicted molar refractivity (Wildman–Crippen MR) is 103 cm³/mol. The van der Waals surface area contributed by atoms with E-state index in [2.05, 4.69) is 48.5 Å². The summed E-state index contributed by atoms with van der Waals surface area (Å²) in [6.45, 7) is 7.14. The maximum absolute atomic E-state index is 12.4. The van der Waals surface area contributed by atoms with Gasteiger partial charge < -0.3 is 12.3 Å². The van der Waals surface area contributed by atoms with Gasteiger partial charge in [-0.3, -0.25) is 0 Å². The van der Waals surface area contributed by atoms with Crippen molar-refractivity contribution in [3.63, 3.8) is 0 Å². The first kappa shape index (κ1) is 20.1. The van der Waals surface area contributed by atoms with Crippen molar-refractivity contribution in [2.75, 3.05) is 0 Å². The van der Waals surface area contributed by atoms with Crippen LogP contribution < -0.4 is 0 Å². The SMILES string of the molecule is C[Si]1(C)O[SiH](C(F)F)O[Si](C)(C)O1.c1ccc(-c2ccccc2)cc1. The summed E-state index contributed by atoms with van der Waals surface area (Å²) in [4.78, 5) is 0. The Morgan fingerprint density at radius 3 is 1.40 bits per heavy atom. The summed E-state index contributed by atoms with van der Waals surface area (Å²) in [5, 5.41) is 0. The minimum Gasteiger partial charge on any atom is -0.416 e. The molecule has 1 aliphatic rings.